The first-order valence-electron chi connectivity index (χ1n) is 10.2. The fourth-order valence-electron chi connectivity index (χ4n) is 3.65. The average molecular weight is 386 g/mol. The minimum absolute atomic E-state index is 0.0415. The Bertz CT molecular complexity index is 756. The van der Waals surface area contributed by atoms with Crippen LogP contribution in [0.15, 0.2) is 30.7 Å². The van der Waals surface area contributed by atoms with Crippen molar-refractivity contribution >= 4 is 11.7 Å². The normalized spacial score (nSPS) is 19.6. The van der Waals surface area contributed by atoms with Crippen LogP contribution in [0.2, 0.25) is 0 Å². The van der Waals surface area contributed by atoms with Crippen LogP contribution in [0.25, 0.3) is 0 Å². The van der Waals surface area contributed by atoms with E-state index >= 15 is 0 Å². The quantitative estimate of drug-likeness (QED) is 0.608. The molecule has 0 unspecified atom stereocenters. The van der Waals surface area contributed by atoms with Gasteiger partial charge in [0.05, 0.1) is 17.7 Å². The van der Waals surface area contributed by atoms with E-state index in [-0.39, 0.29) is 18.1 Å². The molecule has 1 saturated carbocycles. The first-order chi connectivity index (χ1) is 13.5. The largest absolute Gasteiger partial charge is 0.391 e. The molecule has 7 nitrogen and oxygen atoms in total. The number of aryl methyl sites for hydroxylation is 1. The van der Waals surface area contributed by atoms with Gasteiger partial charge in [0.25, 0.3) is 5.91 Å². The van der Waals surface area contributed by atoms with Crippen molar-refractivity contribution in [2.45, 2.75) is 70.6 Å². The highest BCUT2D eigenvalue weighted by atomic mass is 16.3. The molecule has 2 heterocycles. The summed E-state index contributed by atoms with van der Waals surface area (Å²) in [6.07, 6.45) is 9.87. The highest BCUT2D eigenvalue weighted by Gasteiger charge is 2.23. The van der Waals surface area contributed by atoms with Crippen LogP contribution >= 0.6 is 0 Å². The van der Waals surface area contributed by atoms with Gasteiger partial charge in [-0.15, -0.1) is 0 Å². The Hall–Kier alpha value is -2.41. The van der Waals surface area contributed by atoms with Gasteiger partial charge in [-0.1, -0.05) is 26.7 Å². The summed E-state index contributed by atoms with van der Waals surface area (Å²) in [6, 6.07) is 3.61. The summed E-state index contributed by atoms with van der Waals surface area (Å²) in [4.78, 5) is 21.0. The Kier molecular flexibility index (Phi) is 7.03. The van der Waals surface area contributed by atoms with Crippen LogP contribution in [0.1, 0.15) is 68.1 Å². The number of aliphatic hydroxyl groups excluding tert-OH is 1. The third-order valence-electron chi connectivity index (χ3n) is 5.21. The van der Waals surface area contributed by atoms with Crippen molar-refractivity contribution < 1.29 is 9.90 Å². The van der Waals surface area contributed by atoms with E-state index in [0.29, 0.717) is 23.8 Å². The van der Waals surface area contributed by atoms with Crippen LogP contribution in [-0.2, 0) is 6.54 Å². The molecule has 3 rings (SSSR count). The van der Waals surface area contributed by atoms with Crippen molar-refractivity contribution in [1.29, 1.82) is 0 Å². The minimum Gasteiger partial charge on any atom is -0.391 e. The molecule has 1 aliphatic carbocycles. The molecule has 2 aromatic heterocycles. The minimum atomic E-state index is -0.328. The van der Waals surface area contributed by atoms with E-state index in [1.54, 1.807) is 18.3 Å². The molecular formula is C21H31N5O2. The number of rotatable bonds is 8. The highest BCUT2D eigenvalue weighted by Crippen LogP contribution is 2.21. The molecule has 1 aliphatic rings. The summed E-state index contributed by atoms with van der Waals surface area (Å²) in [7, 11) is 0. The molecule has 0 radical (unpaired) electrons. The summed E-state index contributed by atoms with van der Waals surface area (Å²) in [6.45, 7) is 5.68. The number of hydrogen-bond acceptors (Lipinski definition) is 5. The van der Waals surface area contributed by atoms with Gasteiger partial charge < -0.3 is 20.3 Å². The maximum absolute atomic E-state index is 12.3. The summed E-state index contributed by atoms with van der Waals surface area (Å²) in [5.41, 5.74) is 0.542. The Balaban J connectivity index is 1.43. The third-order valence-corrected chi connectivity index (χ3v) is 5.21. The van der Waals surface area contributed by atoms with Crippen molar-refractivity contribution in [1.82, 2.24) is 19.9 Å². The molecule has 1 fully saturated rings. The van der Waals surface area contributed by atoms with Crippen LogP contribution in [0.3, 0.4) is 0 Å². The first-order valence-corrected chi connectivity index (χ1v) is 10.2. The van der Waals surface area contributed by atoms with Gasteiger partial charge in [-0.25, -0.2) is 9.97 Å². The second kappa shape index (κ2) is 9.68. The van der Waals surface area contributed by atoms with E-state index < -0.39 is 0 Å². The van der Waals surface area contributed by atoms with Crippen molar-refractivity contribution in [2.24, 2.45) is 0 Å². The fraction of sp³-hybridized carbons (Fsp3) is 0.571. The number of carbonyl (C=O) groups is 1. The van der Waals surface area contributed by atoms with Gasteiger partial charge in [-0.05, 0) is 31.4 Å². The molecule has 152 valence electrons. The fourth-order valence-corrected chi connectivity index (χ4v) is 3.65. The molecular weight excluding hydrogens is 354 g/mol. The van der Waals surface area contributed by atoms with Crippen molar-refractivity contribution in [3.63, 3.8) is 0 Å². The number of nitrogens with zero attached hydrogens (tertiary/aromatic N) is 3. The van der Waals surface area contributed by atoms with Gasteiger partial charge in [0.2, 0.25) is 0 Å². The molecule has 28 heavy (non-hydrogen) atoms. The van der Waals surface area contributed by atoms with Crippen molar-refractivity contribution in [3.8, 4) is 0 Å². The zero-order valence-electron chi connectivity index (χ0n) is 16.8. The molecule has 0 bridgehead atoms. The van der Waals surface area contributed by atoms with Gasteiger partial charge in [0.1, 0.15) is 11.6 Å². The number of aliphatic hydroxyl groups is 1. The number of nitrogens with one attached hydrogen (secondary N) is 2. The lowest BCUT2D eigenvalue weighted by molar-refractivity contribution is 0.0952. The first kappa shape index (κ1) is 20.3. The molecule has 7 heteroatoms. The second-order valence-corrected chi connectivity index (χ2v) is 7.78. The summed E-state index contributed by atoms with van der Waals surface area (Å²) >= 11 is 0. The van der Waals surface area contributed by atoms with Gasteiger partial charge in [-0.3, -0.25) is 4.79 Å². The maximum Gasteiger partial charge on any atom is 0.252 e. The zero-order chi connectivity index (χ0) is 19.9. The lowest BCUT2D eigenvalue weighted by atomic mass is 9.92. The smallest absolute Gasteiger partial charge is 0.252 e. The van der Waals surface area contributed by atoms with Crippen molar-refractivity contribution in [3.05, 3.63) is 42.1 Å². The van der Waals surface area contributed by atoms with Crippen LogP contribution in [0.4, 0.5) is 5.82 Å². The standard InChI is InChI=1S/C21H31N5O2/c1-15(2)20-22-11-13-26(20)12-5-10-23-21(28)16-8-9-19(24-14-16)25-17-6-3-4-7-18(17)27/h8-9,11,13-15,17-18,27H,3-7,10,12H2,1-2H3,(H,23,28)(H,24,25)/t17-,18-/m1/s1. The maximum atomic E-state index is 12.3. The number of pyridine rings is 1. The zero-order valence-corrected chi connectivity index (χ0v) is 16.8. The second-order valence-electron chi connectivity index (χ2n) is 7.78. The Morgan fingerprint density at radius 1 is 1.29 bits per heavy atom. The number of aromatic nitrogens is 3. The Morgan fingerprint density at radius 2 is 2.11 bits per heavy atom. The summed E-state index contributed by atoms with van der Waals surface area (Å²) in [5, 5.41) is 16.3. The van der Waals surface area contributed by atoms with Gasteiger partial charge in [0, 0.05) is 37.6 Å². The molecule has 0 aliphatic heterocycles. The third kappa shape index (κ3) is 5.32. The van der Waals surface area contributed by atoms with Gasteiger partial charge in [-0.2, -0.15) is 0 Å². The van der Waals surface area contributed by atoms with Crippen molar-refractivity contribution in [2.75, 3.05) is 11.9 Å². The highest BCUT2D eigenvalue weighted by molar-refractivity contribution is 5.94. The number of anilines is 1. The van der Waals surface area contributed by atoms with Crippen LogP contribution < -0.4 is 10.6 Å². The molecule has 0 saturated heterocycles. The van der Waals surface area contributed by atoms with E-state index in [0.717, 1.165) is 44.5 Å². The number of carbonyl (C=O) groups excluding carboxylic acids is 1. The number of hydrogen-bond donors (Lipinski definition) is 3. The lowest BCUT2D eigenvalue weighted by Crippen LogP contribution is -2.36. The van der Waals surface area contributed by atoms with E-state index in [1.165, 1.54) is 0 Å². The number of amides is 1. The SMILES string of the molecule is CC(C)c1nccn1CCCNC(=O)c1ccc(N[C@@H]2CCCC[C@H]2O)nc1. The molecule has 2 aromatic rings. The summed E-state index contributed by atoms with van der Waals surface area (Å²) in [5.74, 6) is 2.04. The monoisotopic (exact) mass is 385 g/mol. The predicted octanol–water partition coefficient (Wildman–Crippen LogP) is 2.94. The van der Waals surface area contributed by atoms with Crippen LogP contribution in [0.5, 0.6) is 0 Å². The van der Waals surface area contributed by atoms with Crippen LogP contribution in [-0.4, -0.2) is 44.2 Å². The molecule has 1 amide bonds. The molecule has 3 N–H and O–H groups in total. The van der Waals surface area contributed by atoms with E-state index in [4.69, 9.17) is 0 Å². The molecule has 0 spiro atoms. The van der Waals surface area contributed by atoms with Gasteiger partial charge in [0.15, 0.2) is 0 Å². The topological polar surface area (TPSA) is 92.1 Å². The number of imidazole rings is 1. The van der Waals surface area contributed by atoms with E-state index in [1.807, 2.05) is 12.4 Å². The van der Waals surface area contributed by atoms with E-state index in [2.05, 4.69) is 39.0 Å². The molecule has 0 aromatic carbocycles. The van der Waals surface area contributed by atoms with Crippen LogP contribution in [0, 0.1) is 0 Å². The van der Waals surface area contributed by atoms with Gasteiger partial charge >= 0.3 is 0 Å². The summed E-state index contributed by atoms with van der Waals surface area (Å²) < 4.78 is 2.14. The Labute approximate surface area is 166 Å². The predicted molar refractivity (Wildman–Crippen MR) is 109 cm³/mol. The van der Waals surface area contributed by atoms with E-state index in [9.17, 15) is 9.90 Å². The lowest BCUT2D eigenvalue weighted by Gasteiger charge is -2.28. The molecule has 2 atom stereocenters. The Morgan fingerprint density at radius 3 is 2.82 bits per heavy atom. The average Bonchev–Trinajstić information content (AvgIpc) is 3.16.